The lowest BCUT2D eigenvalue weighted by Gasteiger charge is -2.32. The second-order valence-electron chi connectivity index (χ2n) is 7.44. The Morgan fingerprint density at radius 2 is 1.62 bits per heavy atom. The van der Waals surface area contributed by atoms with Crippen LogP contribution >= 0.6 is 0 Å². The number of benzene rings is 3. The Balaban J connectivity index is 1.53. The number of ether oxygens (including phenoxy) is 1. The van der Waals surface area contributed by atoms with E-state index in [0.717, 1.165) is 12.8 Å². The van der Waals surface area contributed by atoms with Crippen molar-refractivity contribution in [3.05, 3.63) is 82.9 Å². The third kappa shape index (κ3) is 4.00. The standard InChI is InChI=1S/C24H24O5/c25-17-11-9-16(10-12-17)24-21(27)13-19-22(29-24)14-20(26)18(23(19)28)8-4-7-15-5-2-1-3-6-15/h1-3,5-6,9-12,14,21,24-28H,4,7-8,13H2. The smallest absolute Gasteiger partial charge is 0.150 e. The number of hydrogen-bond acceptors (Lipinski definition) is 5. The van der Waals surface area contributed by atoms with Crippen LogP contribution in [0.2, 0.25) is 0 Å². The highest BCUT2D eigenvalue weighted by molar-refractivity contribution is 5.57. The molecule has 3 aromatic carbocycles. The van der Waals surface area contributed by atoms with Gasteiger partial charge in [-0.2, -0.15) is 0 Å². The molecule has 1 aliphatic heterocycles. The van der Waals surface area contributed by atoms with Gasteiger partial charge in [-0.15, -0.1) is 0 Å². The van der Waals surface area contributed by atoms with Gasteiger partial charge < -0.3 is 25.2 Å². The van der Waals surface area contributed by atoms with Gasteiger partial charge >= 0.3 is 0 Å². The van der Waals surface area contributed by atoms with Crippen LogP contribution in [0.4, 0.5) is 0 Å². The highest BCUT2D eigenvalue weighted by Gasteiger charge is 2.33. The number of phenols is 3. The molecule has 5 heteroatoms. The summed E-state index contributed by atoms with van der Waals surface area (Å²) in [7, 11) is 0. The number of aromatic hydroxyl groups is 3. The first-order valence-corrected chi connectivity index (χ1v) is 9.77. The quantitative estimate of drug-likeness (QED) is 0.527. The van der Waals surface area contributed by atoms with Crippen LogP contribution in [-0.4, -0.2) is 26.5 Å². The van der Waals surface area contributed by atoms with Crippen molar-refractivity contribution >= 4 is 0 Å². The molecule has 0 saturated heterocycles. The molecule has 2 unspecified atom stereocenters. The van der Waals surface area contributed by atoms with E-state index in [0.29, 0.717) is 28.9 Å². The molecule has 2 atom stereocenters. The second kappa shape index (κ2) is 8.05. The minimum absolute atomic E-state index is 0.00346. The third-order valence-corrected chi connectivity index (χ3v) is 5.42. The van der Waals surface area contributed by atoms with Crippen molar-refractivity contribution in [2.24, 2.45) is 0 Å². The van der Waals surface area contributed by atoms with Gasteiger partial charge in [-0.3, -0.25) is 0 Å². The van der Waals surface area contributed by atoms with Crippen molar-refractivity contribution in [3.63, 3.8) is 0 Å². The highest BCUT2D eigenvalue weighted by atomic mass is 16.5. The Labute approximate surface area is 169 Å². The molecule has 29 heavy (non-hydrogen) atoms. The fraction of sp³-hybridized carbons (Fsp3) is 0.250. The van der Waals surface area contributed by atoms with Gasteiger partial charge in [0.2, 0.25) is 0 Å². The average Bonchev–Trinajstić information content (AvgIpc) is 2.72. The van der Waals surface area contributed by atoms with E-state index >= 15 is 0 Å². The minimum atomic E-state index is -0.848. The number of phenolic OH excluding ortho intramolecular Hbond substituents is 3. The van der Waals surface area contributed by atoms with Gasteiger partial charge in [0.1, 0.15) is 29.1 Å². The van der Waals surface area contributed by atoms with Crippen molar-refractivity contribution < 1.29 is 25.2 Å². The zero-order chi connectivity index (χ0) is 20.4. The SMILES string of the molecule is Oc1ccc(C2Oc3cc(O)c(CCCc4ccccc4)c(O)c3CC2O)cc1. The number of rotatable bonds is 5. The number of aliphatic hydroxyl groups is 1. The normalized spacial score (nSPS) is 18.1. The summed E-state index contributed by atoms with van der Waals surface area (Å²) in [5.74, 6) is 0.497. The summed E-state index contributed by atoms with van der Waals surface area (Å²) < 4.78 is 5.91. The van der Waals surface area contributed by atoms with Gasteiger partial charge in [0.25, 0.3) is 0 Å². The molecule has 4 rings (SSSR count). The molecule has 0 aliphatic carbocycles. The molecule has 0 amide bonds. The molecule has 0 aromatic heterocycles. The maximum Gasteiger partial charge on any atom is 0.150 e. The van der Waals surface area contributed by atoms with Crippen LogP contribution in [-0.2, 0) is 19.3 Å². The van der Waals surface area contributed by atoms with E-state index in [1.807, 2.05) is 18.2 Å². The number of hydrogen-bond donors (Lipinski definition) is 4. The van der Waals surface area contributed by atoms with Crippen molar-refractivity contribution in [1.29, 1.82) is 0 Å². The van der Waals surface area contributed by atoms with Crippen LogP contribution in [0, 0.1) is 0 Å². The summed E-state index contributed by atoms with van der Waals surface area (Å²) in [4.78, 5) is 0. The lowest BCUT2D eigenvalue weighted by molar-refractivity contribution is 0.0197. The van der Waals surface area contributed by atoms with E-state index in [4.69, 9.17) is 4.74 Å². The van der Waals surface area contributed by atoms with Gasteiger partial charge in [-0.25, -0.2) is 0 Å². The molecule has 1 aliphatic rings. The van der Waals surface area contributed by atoms with Crippen LogP contribution in [0.15, 0.2) is 60.7 Å². The third-order valence-electron chi connectivity index (χ3n) is 5.42. The molecule has 150 valence electrons. The number of aliphatic hydroxyl groups excluding tert-OH is 1. The largest absolute Gasteiger partial charge is 0.508 e. The lowest BCUT2D eigenvalue weighted by Crippen LogP contribution is -2.30. The maximum absolute atomic E-state index is 10.7. The van der Waals surface area contributed by atoms with E-state index in [9.17, 15) is 20.4 Å². The summed E-state index contributed by atoms with van der Waals surface area (Å²) in [5, 5.41) is 41.3. The summed E-state index contributed by atoms with van der Waals surface area (Å²) in [5.41, 5.74) is 2.92. The fourth-order valence-corrected chi connectivity index (χ4v) is 3.87. The van der Waals surface area contributed by atoms with Crippen molar-refractivity contribution in [1.82, 2.24) is 0 Å². The van der Waals surface area contributed by atoms with E-state index in [1.165, 1.54) is 23.8 Å². The first-order valence-electron chi connectivity index (χ1n) is 9.77. The van der Waals surface area contributed by atoms with Gasteiger partial charge in [0, 0.05) is 23.6 Å². The van der Waals surface area contributed by atoms with Gasteiger partial charge in [0.05, 0.1) is 6.10 Å². The van der Waals surface area contributed by atoms with Crippen molar-refractivity contribution in [2.75, 3.05) is 0 Å². The maximum atomic E-state index is 10.7. The Hall–Kier alpha value is -3.18. The highest BCUT2D eigenvalue weighted by Crippen LogP contribution is 2.45. The molecule has 3 aromatic rings. The fourth-order valence-electron chi connectivity index (χ4n) is 3.87. The molecule has 0 radical (unpaired) electrons. The molecular formula is C24H24O5. The number of aryl methyl sites for hydroxylation is 1. The van der Waals surface area contributed by atoms with Crippen LogP contribution in [0.3, 0.4) is 0 Å². The Morgan fingerprint density at radius 1 is 0.897 bits per heavy atom. The molecule has 0 bridgehead atoms. The first kappa shape index (κ1) is 19.2. The lowest BCUT2D eigenvalue weighted by atomic mass is 9.91. The van der Waals surface area contributed by atoms with Gasteiger partial charge in [-0.1, -0.05) is 42.5 Å². The van der Waals surface area contributed by atoms with Gasteiger partial charge in [-0.05, 0) is 42.5 Å². The van der Waals surface area contributed by atoms with Crippen molar-refractivity contribution in [2.45, 2.75) is 37.9 Å². The van der Waals surface area contributed by atoms with E-state index in [1.54, 1.807) is 12.1 Å². The topological polar surface area (TPSA) is 90.2 Å². The molecule has 0 fully saturated rings. The molecule has 0 spiro atoms. The van der Waals surface area contributed by atoms with Crippen LogP contribution < -0.4 is 4.74 Å². The average molecular weight is 392 g/mol. The second-order valence-corrected chi connectivity index (χ2v) is 7.44. The summed E-state index contributed by atoms with van der Waals surface area (Å²) in [6.45, 7) is 0. The molecule has 4 N–H and O–H groups in total. The van der Waals surface area contributed by atoms with Crippen LogP contribution in [0.1, 0.15) is 34.8 Å². The van der Waals surface area contributed by atoms with E-state index in [2.05, 4.69) is 12.1 Å². The minimum Gasteiger partial charge on any atom is -0.508 e. The summed E-state index contributed by atoms with van der Waals surface area (Å²) in [6, 6.07) is 18.0. The monoisotopic (exact) mass is 392 g/mol. The molecular weight excluding hydrogens is 368 g/mol. The number of fused-ring (bicyclic) bond motifs is 1. The zero-order valence-corrected chi connectivity index (χ0v) is 16.0. The van der Waals surface area contributed by atoms with Gasteiger partial charge in [0.15, 0.2) is 0 Å². The predicted molar refractivity (Wildman–Crippen MR) is 109 cm³/mol. The Bertz CT molecular complexity index is 982. The summed E-state index contributed by atoms with van der Waals surface area (Å²) >= 11 is 0. The van der Waals surface area contributed by atoms with Crippen molar-refractivity contribution in [3.8, 4) is 23.0 Å². The molecule has 0 saturated carbocycles. The summed E-state index contributed by atoms with van der Waals surface area (Å²) in [6.07, 6.45) is 0.892. The molecule has 5 nitrogen and oxygen atoms in total. The van der Waals surface area contributed by atoms with Crippen LogP contribution in [0.5, 0.6) is 23.0 Å². The van der Waals surface area contributed by atoms with Crippen LogP contribution in [0.25, 0.3) is 0 Å². The zero-order valence-electron chi connectivity index (χ0n) is 16.0. The Kier molecular flexibility index (Phi) is 5.32. The molecule has 1 heterocycles. The van der Waals surface area contributed by atoms with E-state index in [-0.39, 0.29) is 23.7 Å². The first-order chi connectivity index (χ1) is 14.0. The predicted octanol–water partition coefficient (Wildman–Crippen LogP) is 4.02. The Morgan fingerprint density at radius 3 is 2.34 bits per heavy atom. The van der Waals surface area contributed by atoms with E-state index < -0.39 is 12.2 Å².